The topological polar surface area (TPSA) is 40.5 Å². The molecule has 0 amide bonds. The van der Waals surface area contributed by atoms with E-state index in [4.69, 9.17) is 0 Å². The van der Waals surface area contributed by atoms with Gasteiger partial charge in [0.25, 0.3) is 0 Å². The molecule has 0 aromatic rings. The first-order valence-electron chi connectivity index (χ1n) is 9.39. The third kappa shape index (κ3) is 1.92. The SMILES string of the molecule is CC1(O)C=C2CC(O)CCC2(C)C2CCC3(C)CCCC3C21. The minimum Gasteiger partial charge on any atom is -0.393 e. The van der Waals surface area contributed by atoms with Crippen molar-refractivity contribution in [3.63, 3.8) is 0 Å². The molecule has 2 N–H and O–H groups in total. The average Bonchev–Trinajstić information content (AvgIpc) is 2.82. The van der Waals surface area contributed by atoms with Crippen LogP contribution >= 0.6 is 0 Å². The summed E-state index contributed by atoms with van der Waals surface area (Å²) in [7, 11) is 0. The van der Waals surface area contributed by atoms with E-state index in [1.165, 1.54) is 37.7 Å². The number of fused-ring (bicyclic) bond motifs is 5. The van der Waals surface area contributed by atoms with Crippen molar-refractivity contribution >= 4 is 0 Å². The van der Waals surface area contributed by atoms with E-state index in [9.17, 15) is 10.2 Å². The van der Waals surface area contributed by atoms with Crippen LogP contribution in [-0.2, 0) is 0 Å². The Balaban J connectivity index is 1.79. The smallest absolute Gasteiger partial charge is 0.0836 e. The van der Waals surface area contributed by atoms with Gasteiger partial charge in [0.1, 0.15) is 0 Å². The van der Waals surface area contributed by atoms with Gasteiger partial charge in [-0.25, -0.2) is 0 Å². The highest BCUT2D eigenvalue weighted by Crippen LogP contribution is 2.66. The first-order chi connectivity index (χ1) is 10.3. The number of hydrogen-bond donors (Lipinski definition) is 2. The molecule has 3 saturated carbocycles. The van der Waals surface area contributed by atoms with E-state index in [-0.39, 0.29) is 11.5 Å². The fourth-order valence-corrected chi connectivity index (χ4v) is 6.97. The monoisotopic (exact) mass is 304 g/mol. The quantitative estimate of drug-likeness (QED) is 0.663. The third-order valence-corrected chi connectivity index (χ3v) is 8.20. The molecule has 0 heterocycles. The lowest BCUT2D eigenvalue weighted by atomic mass is 9.45. The van der Waals surface area contributed by atoms with E-state index in [1.807, 2.05) is 6.92 Å². The zero-order chi connectivity index (χ0) is 15.8. The summed E-state index contributed by atoms with van der Waals surface area (Å²) in [5, 5.41) is 21.4. The highest BCUT2D eigenvalue weighted by atomic mass is 16.3. The van der Waals surface area contributed by atoms with E-state index >= 15 is 0 Å². The van der Waals surface area contributed by atoms with Crippen LogP contribution in [-0.4, -0.2) is 21.9 Å². The molecule has 3 fully saturated rings. The Bertz CT molecular complexity index is 508. The number of aliphatic hydroxyl groups is 2. The molecule has 4 aliphatic carbocycles. The molecule has 7 unspecified atom stereocenters. The molecule has 0 aliphatic heterocycles. The minimum absolute atomic E-state index is 0.202. The summed E-state index contributed by atoms with van der Waals surface area (Å²) in [6, 6.07) is 0. The summed E-state index contributed by atoms with van der Waals surface area (Å²) in [5.74, 6) is 1.70. The second-order valence-corrected chi connectivity index (χ2v) is 9.53. The van der Waals surface area contributed by atoms with E-state index in [0.29, 0.717) is 23.2 Å². The largest absolute Gasteiger partial charge is 0.393 e. The van der Waals surface area contributed by atoms with Crippen LogP contribution in [0.4, 0.5) is 0 Å². The lowest BCUT2D eigenvalue weighted by molar-refractivity contribution is -0.123. The highest BCUT2D eigenvalue weighted by Gasteiger charge is 2.61. The fraction of sp³-hybridized carbons (Fsp3) is 0.900. The molecule has 0 aromatic carbocycles. The van der Waals surface area contributed by atoms with Crippen molar-refractivity contribution < 1.29 is 10.2 Å². The zero-order valence-electron chi connectivity index (χ0n) is 14.4. The average molecular weight is 304 g/mol. The normalized spacial score (nSPS) is 57.6. The van der Waals surface area contributed by atoms with E-state index in [0.717, 1.165) is 19.3 Å². The Hall–Kier alpha value is -0.340. The maximum absolute atomic E-state index is 11.3. The van der Waals surface area contributed by atoms with Crippen LogP contribution in [0, 0.1) is 28.6 Å². The van der Waals surface area contributed by atoms with Gasteiger partial charge in [-0.2, -0.15) is 0 Å². The van der Waals surface area contributed by atoms with Crippen LogP contribution in [0.25, 0.3) is 0 Å². The molecule has 0 saturated heterocycles. The van der Waals surface area contributed by atoms with Gasteiger partial charge in [-0.3, -0.25) is 0 Å². The summed E-state index contributed by atoms with van der Waals surface area (Å²) in [6.45, 7) is 6.95. The molecule has 22 heavy (non-hydrogen) atoms. The van der Waals surface area contributed by atoms with Crippen molar-refractivity contribution in [3.8, 4) is 0 Å². The second-order valence-electron chi connectivity index (χ2n) is 9.53. The van der Waals surface area contributed by atoms with Gasteiger partial charge in [-0.15, -0.1) is 0 Å². The van der Waals surface area contributed by atoms with Crippen LogP contribution in [0.1, 0.15) is 72.1 Å². The molecule has 124 valence electrons. The molecule has 0 bridgehead atoms. The molecule has 7 atom stereocenters. The molecule has 2 nitrogen and oxygen atoms in total. The van der Waals surface area contributed by atoms with Crippen molar-refractivity contribution in [1.82, 2.24) is 0 Å². The summed E-state index contributed by atoms with van der Waals surface area (Å²) in [6.07, 6.45) is 11.4. The predicted octanol–water partition coefficient (Wildman–Crippen LogP) is 4.06. The minimum atomic E-state index is -0.687. The van der Waals surface area contributed by atoms with Crippen molar-refractivity contribution in [2.75, 3.05) is 0 Å². The first-order valence-corrected chi connectivity index (χ1v) is 9.39. The van der Waals surface area contributed by atoms with Gasteiger partial charge >= 0.3 is 0 Å². The number of rotatable bonds is 0. The molecule has 0 radical (unpaired) electrons. The Morgan fingerprint density at radius 2 is 1.77 bits per heavy atom. The predicted molar refractivity (Wildman–Crippen MR) is 88.3 cm³/mol. The molecular formula is C20H32O2. The molecule has 4 aliphatic rings. The Kier molecular flexibility index (Phi) is 3.18. The van der Waals surface area contributed by atoms with Gasteiger partial charge in [0.15, 0.2) is 0 Å². The summed E-state index contributed by atoms with van der Waals surface area (Å²) in [5.41, 5.74) is 1.34. The summed E-state index contributed by atoms with van der Waals surface area (Å²) < 4.78 is 0. The zero-order valence-corrected chi connectivity index (χ0v) is 14.4. The van der Waals surface area contributed by atoms with Crippen molar-refractivity contribution in [3.05, 3.63) is 11.6 Å². The van der Waals surface area contributed by atoms with E-state index in [1.54, 1.807) is 0 Å². The number of aliphatic hydroxyl groups excluding tert-OH is 1. The fourth-order valence-electron chi connectivity index (χ4n) is 6.97. The van der Waals surface area contributed by atoms with E-state index in [2.05, 4.69) is 19.9 Å². The third-order valence-electron chi connectivity index (χ3n) is 8.20. The Morgan fingerprint density at radius 3 is 2.55 bits per heavy atom. The molecule has 0 aromatic heterocycles. The Morgan fingerprint density at radius 1 is 1.00 bits per heavy atom. The number of hydrogen-bond acceptors (Lipinski definition) is 2. The lowest BCUT2D eigenvalue weighted by Crippen LogP contribution is -2.58. The van der Waals surface area contributed by atoms with Gasteiger partial charge in [0, 0.05) is 0 Å². The van der Waals surface area contributed by atoms with Gasteiger partial charge in [0.2, 0.25) is 0 Å². The van der Waals surface area contributed by atoms with Crippen LogP contribution in [0.5, 0.6) is 0 Å². The summed E-state index contributed by atoms with van der Waals surface area (Å²) >= 11 is 0. The van der Waals surface area contributed by atoms with Crippen LogP contribution in [0.15, 0.2) is 11.6 Å². The van der Waals surface area contributed by atoms with Crippen molar-refractivity contribution in [2.45, 2.75) is 83.8 Å². The second kappa shape index (κ2) is 4.60. The maximum atomic E-state index is 11.3. The van der Waals surface area contributed by atoms with Crippen LogP contribution < -0.4 is 0 Å². The van der Waals surface area contributed by atoms with Crippen LogP contribution in [0.2, 0.25) is 0 Å². The molecular weight excluding hydrogens is 272 g/mol. The lowest BCUT2D eigenvalue weighted by Gasteiger charge is -2.61. The van der Waals surface area contributed by atoms with Gasteiger partial charge in [0.05, 0.1) is 11.7 Å². The van der Waals surface area contributed by atoms with Gasteiger partial charge in [-0.1, -0.05) is 31.9 Å². The van der Waals surface area contributed by atoms with Crippen molar-refractivity contribution in [1.29, 1.82) is 0 Å². The molecule has 0 spiro atoms. The van der Waals surface area contributed by atoms with E-state index < -0.39 is 5.60 Å². The van der Waals surface area contributed by atoms with Gasteiger partial charge in [-0.05, 0) is 80.5 Å². The van der Waals surface area contributed by atoms with Crippen LogP contribution in [0.3, 0.4) is 0 Å². The van der Waals surface area contributed by atoms with Crippen molar-refractivity contribution in [2.24, 2.45) is 28.6 Å². The molecule has 4 rings (SSSR count). The molecule has 2 heteroatoms. The first kappa shape index (κ1) is 15.2. The summed E-state index contributed by atoms with van der Waals surface area (Å²) in [4.78, 5) is 0. The Labute approximate surface area is 135 Å². The van der Waals surface area contributed by atoms with Gasteiger partial charge < -0.3 is 10.2 Å². The standard InChI is InChI=1S/C20H32O2/c1-18-8-4-5-15(18)17-16(7-9-18)19(2)10-6-14(21)11-13(19)12-20(17,3)22/h12,14-17,21-22H,4-11H2,1-3H3. The maximum Gasteiger partial charge on any atom is 0.0836 e. The highest BCUT2D eigenvalue weighted by molar-refractivity contribution is 5.30.